The molecule has 0 aromatic carbocycles. The molecule has 1 rings (SSSR count). The number of hydrogen-bond donors (Lipinski definition) is 0. The Bertz CT molecular complexity index is 352. The van der Waals surface area contributed by atoms with Crippen LogP contribution in [0.2, 0.25) is 0 Å². The summed E-state index contributed by atoms with van der Waals surface area (Å²) in [7, 11) is 0. The van der Waals surface area contributed by atoms with Gasteiger partial charge >= 0.3 is 5.66 Å². The third kappa shape index (κ3) is 1.34. The van der Waals surface area contributed by atoms with Crippen LogP contribution in [0.25, 0.3) is 0 Å². The molecule has 0 spiro atoms. The van der Waals surface area contributed by atoms with Gasteiger partial charge in [0.15, 0.2) is 0 Å². The van der Waals surface area contributed by atoms with Gasteiger partial charge in [-0.3, -0.25) is 20.2 Å². The fourth-order valence-electron chi connectivity index (χ4n) is 0.714. The molecule has 1 heterocycles. The summed E-state index contributed by atoms with van der Waals surface area (Å²) in [6.45, 7) is 0.822. The SMILES string of the molecule is CC(c1ncncn1)([N+](=O)[O-])[N+](=O)[O-]. The average molecular weight is 199 g/mol. The summed E-state index contributed by atoms with van der Waals surface area (Å²) >= 11 is 0. The lowest BCUT2D eigenvalue weighted by molar-refractivity contribution is -0.807. The maximum Gasteiger partial charge on any atom is 0.514 e. The number of aromatic nitrogens is 3. The Labute approximate surface area is 77.1 Å². The minimum absolute atomic E-state index is 0.498. The van der Waals surface area contributed by atoms with Crippen molar-refractivity contribution >= 4 is 0 Å². The highest BCUT2D eigenvalue weighted by molar-refractivity contribution is 4.90. The molecule has 0 radical (unpaired) electrons. The Morgan fingerprint density at radius 2 is 1.64 bits per heavy atom. The zero-order valence-electron chi connectivity index (χ0n) is 7.02. The summed E-state index contributed by atoms with van der Waals surface area (Å²) in [4.78, 5) is 29.1. The molecule has 0 aliphatic rings. The summed E-state index contributed by atoms with van der Waals surface area (Å²) in [6.07, 6.45) is 1.93. The van der Waals surface area contributed by atoms with Crippen LogP contribution in [-0.2, 0) is 5.66 Å². The molecule has 1 aromatic heterocycles. The normalized spacial score (nSPS) is 10.9. The molecule has 0 saturated carbocycles. The molecule has 0 bridgehead atoms. The van der Waals surface area contributed by atoms with Crippen LogP contribution in [0, 0.1) is 20.2 Å². The van der Waals surface area contributed by atoms with E-state index in [0.717, 1.165) is 19.6 Å². The lowest BCUT2D eigenvalue weighted by Gasteiger charge is -2.09. The van der Waals surface area contributed by atoms with Gasteiger partial charge in [-0.05, 0) is 0 Å². The molecule has 0 fully saturated rings. The number of rotatable bonds is 3. The van der Waals surface area contributed by atoms with E-state index in [1.54, 1.807) is 0 Å². The second-order valence-electron chi connectivity index (χ2n) is 2.50. The first-order valence-corrected chi connectivity index (χ1v) is 3.41. The first-order valence-electron chi connectivity index (χ1n) is 3.41. The van der Waals surface area contributed by atoms with E-state index >= 15 is 0 Å². The first-order chi connectivity index (χ1) is 6.49. The molecular weight excluding hydrogens is 194 g/mol. The standard InChI is InChI=1S/C5H5N5O4/c1-5(9(11)12,10(13)14)4-7-2-6-3-8-4/h2-3H,1H3. The third-order valence-corrected chi connectivity index (χ3v) is 1.63. The highest BCUT2D eigenvalue weighted by atomic mass is 16.7. The molecule has 0 aliphatic carbocycles. The minimum atomic E-state index is -2.52. The Kier molecular flexibility index (Phi) is 2.32. The van der Waals surface area contributed by atoms with Gasteiger partial charge in [0.2, 0.25) is 0 Å². The van der Waals surface area contributed by atoms with Crippen LogP contribution >= 0.6 is 0 Å². The van der Waals surface area contributed by atoms with E-state index in [2.05, 4.69) is 15.0 Å². The van der Waals surface area contributed by atoms with Gasteiger partial charge in [0.25, 0.3) is 5.82 Å². The third-order valence-electron chi connectivity index (χ3n) is 1.63. The molecule has 1 aromatic rings. The molecule has 0 aliphatic heterocycles. The zero-order valence-corrected chi connectivity index (χ0v) is 7.02. The van der Waals surface area contributed by atoms with Crippen LogP contribution in [-0.4, -0.2) is 24.8 Å². The van der Waals surface area contributed by atoms with Crippen molar-refractivity contribution in [3.8, 4) is 0 Å². The van der Waals surface area contributed by atoms with Crippen LogP contribution in [0.3, 0.4) is 0 Å². The number of nitrogens with zero attached hydrogens (tertiary/aromatic N) is 5. The Hall–Kier alpha value is -2.19. The summed E-state index contributed by atoms with van der Waals surface area (Å²) in [5.74, 6) is -0.498. The monoisotopic (exact) mass is 199 g/mol. The van der Waals surface area contributed by atoms with Crippen molar-refractivity contribution in [2.45, 2.75) is 12.6 Å². The summed E-state index contributed by atoms with van der Waals surface area (Å²) < 4.78 is 0. The van der Waals surface area contributed by atoms with Crippen molar-refractivity contribution in [3.05, 3.63) is 38.7 Å². The lowest BCUT2D eigenvalue weighted by Crippen LogP contribution is -2.41. The highest BCUT2D eigenvalue weighted by Crippen LogP contribution is 2.20. The number of nitro groups is 2. The molecule has 0 saturated heterocycles. The van der Waals surface area contributed by atoms with Gasteiger partial charge in [-0.1, -0.05) is 0 Å². The van der Waals surface area contributed by atoms with E-state index in [1.165, 1.54) is 0 Å². The molecule has 74 valence electrons. The Morgan fingerprint density at radius 3 is 2.00 bits per heavy atom. The predicted molar refractivity (Wildman–Crippen MR) is 41.2 cm³/mol. The Balaban J connectivity index is 3.27. The fourth-order valence-corrected chi connectivity index (χ4v) is 0.714. The molecule has 9 nitrogen and oxygen atoms in total. The number of hydrogen-bond acceptors (Lipinski definition) is 7. The minimum Gasteiger partial charge on any atom is -0.258 e. The topological polar surface area (TPSA) is 125 Å². The van der Waals surface area contributed by atoms with E-state index < -0.39 is 21.3 Å². The lowest BCUT2D eigenvalue weighted by atomic mass is 10.2. The summed E-state index contributed by atoms with van der Waals surface area (Å²) in [6, 6.07) is 0. The molecule has 9 heteroatoms. The van der Waals surface area contributed by atoms with E-state index in [9.17, 15) is 20.2 Å². The molecule has 0 amide bonds. The van der Waals surface area contributed by atoms with Gasteiger partial charge in [-0.25, -0.2) is 15.0 Å². The van der Waals surface area contributed by atoms with Crippen LogP contribution in [0.5, 0.6) is 0 Å². The molecule has 0 atom stereocenters. The summed E-state index contributed by atoms with van der Waals surface area (Å²) in [5, 5.41) is 21.1. The summed E-state index contributed by atoms with van der Waals surface area (Å²) in [5.41, 5.74) is -2.52. The van der Waals surface area contributed by atoms with E-state index in [0.29, 0.717) is 0 Å². The Morgan fingerprint density at radius 1 is 1.21 bits per heavy atom. The van der Waals surface area contributed by atoms with E-state index in [1.807, 2.05) is 0 Å². The van der Waals surface area contributed by atoms with Gasteiger partial charge in [0, 0.05) is 0 Å². The maximum absolute atomic E-state index is 10.5. The quantitative estimate of drug-likeness (QED) is 0.368. The largest absolute Gasteiger partial charge is 0.514 e. The zero-order chi connectivity index (χ0) is 10.8. The molecular formula is C5H5N5O4. The van der Waals surface area contributed by atoms with Gasteiger partial charge in [0.1, 0.15) is 22.5 Å². The van der Waals surface area contributed by atoms with E-state index in [-0.39, 0.29) is 0 Å². The average Bonchev–Trinajstić information content (AvgIpc) is 2.17. The van der Waals surface area contributed by atoms with Crippen LogP contribution < -0.4 is 0 Å². The second kappa shape index (κ2) is 3.28. The van der Waals surface area contributed by atoms with Crippen molar-refractivity contribution in [2.75, 3.05) is 0 Å². The maximum atomic E-state index is 10.5. The van der Waals surface area contributed by atoms with Crippen molar-refractivity contribution in [3.63, 3.8) is 0 Å². The van der Waals surface area contributed by atoms with Gasteiger partial charge in [-0.15, -0.1) is 0 Å². The first kappa shape index (κ1) is 9.89. The smallest absolute Gasteiger partial charge is 0.258 e. The second-order valence-corrected chi connectivity index (χ2v) is 2.50. The van der Waals surface area contributed by atoms with Crippen molar-refractivity contribution in [1.29, 1.82) is 0 Å². The van der Waals surface area contributed by atoms with Crippen LogP contribution in [0.15, 0.2) is 12.7 Å². The van der Waals surface area contributed by atoms with Crippen molar-refractivity contribution in [2.24, 2.45) is 0 Å². The van der Waals surface area contributed by atoms with Gasteiger partial charge in [0.05, 0.1) is 6.92 Å². The van der Waals surface area contributed by atoms with E-state index in [4.69, 9.17) is 0 Å². The highest BCUT2D eigenvalue weighted by Gasteiger charge is 2.56. The predicted octanol–water partition coefficient (Wildman–Crippen LogP) is -0.402. The molecule has 0 N–H and O–H groups in total. The van der Waals surface area contributed by atoms with Gasteiger partial charge < -0.3 is 0 Å². The van der Waals surface area contributed by atoms with Crippen molar-refractivity contribution in [1.82, 2.24) is 15.0 Å². The fraction of sp³-hybridized carbons (Fsp3) is 0.400. The van der Waals surface area contributed by atoms with Crippen LogP contribution in [0.4, 0.5) is 0 Å². The van der Waals surface area contributed by atoms with Crippen molar-refractivity contribution < 1.29 is 9.85 Å². The molecule has 14 heavy (non-hydrogen) atoms. The molecule has 0 unspecified atom stereocenters. The van der Waals surface area contributed by atoms with Crippen LogP contribution in [0.1, 0.15) is 12.7 Å². The van der Waals surface area contributed by atoms with Gasteiger partial charge in [-0.2, -0.15) is 0 Å².